The molecule has 2 rings (SSSR count). The Bertz CT molecular complexity index is 504. The second kappa shape index (κ2) is 8.84. The predicted molar refractivity (Wildman–Crippen MR) is 89.3 cm³/mol. The molecule has 130 valence electrons. The van der Waals surface area contributed by atoms with Gasteiger partial charge in [-0.2, -0.15) is 0 Å². The van der Waals surface area contributed by atoms with E-state index in [0.29, 0.717) is 22.8 Å². The van der Waals surface area contributed by atoms with E-state index in [1.807, 2.05) is 0 Å². The summed E-state index contributed by atoms with van der Waals surface area (Å²) in [5.41, 5.74) is 0.397. The molecule has 0 unspecified atom stereocenters. The molecule has 1 aliphatic heterocycles. The summed E-state index contributed by atoms with van der Waals surface area (Å²) in [4.78, 5) is 14.6. The van der Waals surface area contributed by atoms with Crippen LogP contribution < -0.4 is 14.2 Å². The lowest BCUT2D eigenvalue weighted by Gasteiger charge is -2.28. The quantitative estimate of drug-likeness (QED) is 0.764. The van der Waals surface area contributed by atoms with Crippen LogP contribution in [0, 0.1) is 0 Å². The number of esters is 1. The summed E-state index contributed by atoms with van der Waals surface area (Å²) >= 11 is 0. The van der Waals surface area contributed by atoms with Crippen LogP contribution in [0.3, 0.4) is 0 Å². The lowest BCUT2D eigenvalue weighted by molar-refractivity contribution is 0.0138. The van der Waals surface area contributed by atoms with Gasteiger partial charge < -0.3 is 23.8 Å². The van der Waals surface area contributed by atoms with E-state index >= 15 is 0 Å². The molecule has 1 fully saturated rings. The summed E-state index contributed by atoms with van der Waals surface area (Å²) in [5, 5.41) is 0. The van der Waals surface area contributed by atoms with E-state index in [0.717, 1.165) is 25.9 Å². The zero-order valence-corrected chi connectivity index (χ0v) is 14.8. The fourth-order valence-electron chi connectivity index (χ4n) is 2.52. The van der Waals surface area contributed by atoms with Crippen LogP contribution in [0.2, 0.25) is 0 Å². The van der Waals surface area contributed by atoms with Gasteiger partial charge in [0.2, 0.25) is 5.75 Å². The number of likely N-dealkylation sites (tertiary alicyclic amines) is 1. The van der Waals surface area contributed by atoms with Gasteiger partial charge in [0.15, 0.2) is 11.5 Å². The van der Waals surface area contributed by atoms with E-state index in [1.54, 1.807) is 12.1 Å². The molecule has 23 heavy (non-hydrogen) atoms. The minimum Gasteiger partial charge on any atom is -0.493 e. The molecule has 1 saturated heterocycles. The minimum absolute atomic E-state index is 0. The van der Waals surface area contributed by atoms with Crippen LogP contribution in [0.15, 0.2) is 12.1 Å². The number of methoxy groups -OCH3 is 3. The summed E-state index contributed by atoms with van der Waals surface area (Å²) in [6.45, 7) is 1.88. The van der Waals surface area contributed by atoms with Gasteiger partial charge >= 0.3 is 5.97 Å². The smallest absolute Gasteiger partial charge is 0.338 e. The Morgan fingerprint density at radius 3 is 2.00 bits per heavy atom. The summed E-state index contributed by atoms with van der Waals surface area (Å²) in [6, 6.07) is 3.22. The van der Waals surface area contributed by atoms with Crippen molar-refractivity contribution in [2.45, 2.75) is 18.9 Å². The highest BCUT2D eigenvalue weighted by Gasteiger charge is 2.23. The summed E-state index contributed by atoms with van der Waals surface area (Å²) < 4.78 is 21.3. The fraction of sp³-hybridized carbons (Fsp3) is 0.562. The number of halogens is 1. The van der Waals surface area contributed by atoms with Gasteiger partial charge in [-0.15, -0.1) is 12.4 Å². The second-order valence-electron chi connectivity index (χ2n) is 5.32. The van der Waals surface area contributed by atoms with Crippen LogP contribution in [-0.2, 0) is 4.74 Å². The van der Waals surface area contributed by atoms with Crippen molar-refractivity contribution in [3.8, 4) is 17.2 Å². The molecule has 7 heteroatoms. The number of piperidine rings is 1. The Morgan fingerprint density at radius 2 is 1.57 bits per heavy atom. The third kappa shape index (κ3) is 4.65. The van der Waals surface area contributed by atoms with Crippen LogP contribution in [0.4, 0.5) is 0 Å². The molecule has 1 aromatic carbocycles. The number of carbonyl (C=O) groups excluding carboxylic acids is 1. The lowest BCUT2D eigenvalue weighted by atomic mass is 10.1. The Hall–Kier alpha value is -1.66. The van der Waals surface area contributed by atoms with Gasteiger partial charge in [0.05, 0.1) is 26.9 Å². The molecule has 0 N–H and O–H groups in total. The van der Waals surface area contributed by atoms with Gasteiger partial charge in [0.1, 0.15) is 6.10 Å². The van der Waals surface area contributed by atoms with Gasteiger partial charge in [-0.05, 0) is 32.0 Å². The largest absolute Gasteiger partial charge is 0.493 e. The average Bonchev–Trinajstić information content (AvgIpc) is 2.55. The van der Waals surface area contributed by atoms with E-state index in [1.165, 1.54) is 21.3 Å². The SMILES string of the molecule is COc1cc(C(=O)OC2CCN(C)CC2)cc(OC)c1OC.Cl. The number of benzene rings is 1. The van der Waals surface area contributed by atoms with Crippen molar-refractivity contribution in [3.05, 3.63) is 17.7 Å². The maximum absolute atomic E-state index is 12.3. The summed E-state index contributed by atoms with van der Waals surface area (Å²) in [7, 11) is 6.63. The monoisotopic (exact) mass is 345 g/mol. The normalized spacial score (nSPS) is 15.5. The van der Waals surface area contributed by atoms with Crippen molar-refractivity contribution >= 4 is 18.4 Å². The number of hydrogen-bond donors (Lipinski definition) is 0. The van der Waals surface area contributed by atoms with Crippen molar-refractivity contribution in [1.29, 1.82) is 0 Å². The number of carbonyl (C=O) groups is 1. The zero-order chi connectivity index (χ0) is 16.1. The second-order valence-corrected chi connectivity index (χ2v) is 5.32. The first kappa shape index (κ1) is 19.4. The molecule has 0 radical (unpaired) electrons. The number of hydrogen-bond acceptors (Lipinski definition) is 6. The average molecular weight is 346 g/mol. The first-order valence-corrected chi connectivity index (χ1v) is 7.28. The highest BCUT2D eigenvalue weighted by molar-refractivity contribution is 5.91. The van der Waals surface area contributed by atoms with Crippen LogP contribution in [0.1, 0.15) is 23.2 Å². The molecule has 0 spiro atoms. The molecule has 1 aliphatic rings. The maximum atomic E-state index is 12.3. The summed E-state index contributed by atoms with van der Waals surface area (Å²) in [5.74, 6) is 0.976. The maximum Gasteiger partial charge on any atom is 0.338 e. The minimum atomic E-state index is -0.367. The third-order valence-electron chi connectivity index (χ3n) is 3.84. The number of nitrogens with zero attached hydrogens (tertiary/aromatic N) is 1. The van der Waals surface area contributed by atoms with Gasteiger partial charge in [0.25, 0.3) is 0 Å². The predicted octanol–water partition coefficient (Wildman–Crippen LogP) is 2.39. The van der Waals surface area contributed by atoms with Gasteiger partial charge in [-0.25, -0.2) is 4.79 Å². The van der Waals surface area contributed by atoms with Gasteiger partial charge in [-0.1, -0.05) is 0 Å². The van der Waals surface area contributed by atoms with Crippen molar-refractivity contribution < 1.29 is 23.7 Å². The highest BCUT2D eigenvalue weighted by atomic mass is 35.5. The molecule has 0 saturated carbocycles. The number of rotatable bonds is 5. The Morgan fingerprint density at radius 1 is 1.04 bits per heavy atom. The van der Waals surface area contributed by atoms with Crippen LogP contribution in [0.25, 0.3) is 0 Å². The zero-order valence-electron chi connectivity index (χ0n) is 14.0. The lowest BCUT2D eigenvalue weighted by Crippen LogP contribution is -2.35. The molecule has 1 aromatic rings. The molecule has 0 amide bonds. The van der Waals surface area contributed by atoms with Gasteiger partial charge in [0, 0.05) is 13.1 Å². The molecule has 0 aliphatic carbocycles. The molecule has 0 aromatic heterocycles. The molecular weight excluding hydrogens is 322 g/mol. The Kier molecular flexibility index (Phi) is 7.45. The van der Waals surface area contributed by atoms with Crippen molar-refractivity contribution in [1.82, 2.24) is 4.90 Å². The van der Waals surface area contributed by atoms with Crippen molar-refractivity contribution in [2.24, 2.45) is 0 Å². The molecular formula is C16H24ClNO5. The van der Waals surface area contributed by atoms with E-state index in [2.05, 4.69) is 11.9 Å². The van der Waals surface area contributed by atoms with E-state index < -0.39 is 0 Å². The topological polar surface area (TPSA) is 57.2 Å². The van der Waals surface area contributed by atoms with E-state index in [9.17, 15) is 4.79 Å². The van der Waals surface area contributed by atoms with E-state index in [4.69, 9.17) is 18.9 Å². The fourth-order valence-corrected chi connectivity index (χ4v) is 2.52. The van der Waals surface area contributed by atoms with Gasteiger partial charge in [-0.3, -0.25) is 0 Å². The van der Waals surface area contributed by atoms with Crippen molar-refractivity contribution in [3.63, 3.8) is 0 Å². The number of ether oxygens (including phenoxy) is 4. The Labute approximate surface area is 143 Å². The third-order valence-corrected chi connectivity index (χ3v) is 3.84. The summed E-state index contributed by atoms with van der Waals surface area (Å²) in [6.07, 6.45) is 1.67. The first-order chi connectivity index (χ1) is 10.6. The highest BCUT2D eigenvalue weighted by Crippen LogP contribution is 2.38. The Balaban J connectivity index is 0.00000264. The first-order valence-electron chi connectivity index (χ1n) is 7.28. The standard InChI is InChI=1S/C16H23NO5.ClH/c1-17-7-5-12(6-8-17)22-16(18)11-9-13(19-2)15(21-4)14(10-11)20-3;/h9-10,12H,5-8H2,1-4H3;1H. The van der Waals surface area contributed by atoms with E-state index in [-0.39, 0.29) is 24.5 Å². The van der Waals surface area contributed by atoms with Crippen molar-refractivity contribution in [2.75, 3.05) is 41.5 Å². The molecule has 0 bridgehead atoms. The molecule has 0 atom stereocenters. The molecule has 6 nitrogen and oxygen atoms in total. The van der Waals surface area contributed by atoms with Crippen LogP contribution in [-0.4, -0.2) is 58.4 Å². The van der Waals surface area contributed by atoms with Crippen LogP contribution in [0.5, 0.6) is 17.2 Å². The molecule has 1 heterocycles. The van der Waals surface area contributed by atoms with Crippen LogP contribution >= 0.6 is 12.4 Å².